The topological polar surface area (TPSA) is 81.5 Å². The fourth-order valence-electron chi connectivity index (χ4n) is 3.00. The number of hydrogen-bond donors (Lipinski definition) is 1. The molecule has 1 aromatic heterocycles. The highest BCUT2D eigenvalue weighted by Crippen LogP contribution is 2.24. The van der Waals surface area contributed by atoms with Crippen LogP contribution in [-0.2, 0) is 4.79 Å². The number of aromatic nitrogens is 1. The number of rotatable bonds is 5. The van der Waals surface area contributed by atoms with Crippen molar-refractivity contribution in [3.05, 3.63) is 48.2 Å². The maximum Gasteiger partial charge on any atom is 0.573 e. The summed E-state index contributed by atoms with van der Waals surface area (Å²) in [5.41, 5.74) is 0.895. The van der Waals surface area contributed by atoms with Crippen molar-refractivity contribution in [1.82, 2.24) is 9.88 Å². The lowest BCUT2D eigenvalue weighted by Gasteiger charge is -2.35. The zero-order valence-corrected chi connectivity index (χ0v) is 15.3. The van der Waals surface area contributed by atoms with E-state index >= 15 is 0 Å². The first-order valence-electron chi connectivity index (χ1n) is 8.82. The quantitative estimate of drug-likeness (QED) is 0.824. The molecule has 29 heavy (non-hydrogen) atoms. The van der Waals surface area contributed by atoms with Gasteiger partial charge in [0, 0.05) is 38.1 Å². The first kappa shape index (κ1) is 20.4. The molecule has 0 unspecified atom stereocenters. The van der Waals surface area contributed by atoms with Crippen LogP contribution in [0, 0.1) is 11.3 Å². The van der Waals surface area contributed by atoms with Crippen molar-refractivity contribution in [3.8, 4) is 11.8 Å². The summed E-state index contributed by atoms with van der Waals surface area (Å²) in [7, 11) is 0. The third kappa shape index (κ3) is 5.83. The second kappa shape index (κ2) is 8.79. The number of hydrogen-bond acceptors (Lipinski definition) is 6. The minimum absolute atomic E-state index is 0.155. The number of nitrogens with one attached hydrogen (secondary N) is 1. The van der Waals surface area contributed by atoms with Gasteiger partial charge in [0.1, 0.15) is 17.6 Å². The Bertz CT molecular complexity index is 888. The molecule has 0 aliphatic carbocycles. The molecule has 1 amide bonds. The monoisotopic (exact) mass is 405 g/mol. The molecule has 1 N–H and O–H groups in total. The number of piperazine rings is 1. The predicted molar refractivity (Wildman–Crippen MR) is 99.4 cm³/mol. The second-order valence-electron chi connectivity index (χ2n) is 6.37. The average molecular weight is 405 g/mol. The number of pyridine rings is 1. The number of benzene rings is 1. The van der Waals surface area contributed by atoms with E-state index in [4.69, 9.17) is 0 Å². The van der Waals surface area contributed by atoms with E-state index in [0.717, 1.165) is 12.1 Å². The van der Waals surface area contributed by atoms with Crippen LogP contribution in [0.4, 0.5) is 24.7 Å². The molecule has 10 heteroatoms. The van der Waals surface area contributed by atoms with Crippen molar-refractivity contribution in [2.75, 3.05) is 42.9 Å². The number of nitriles is 1. The van der Waals surface area contributed by atoms with Gasteiger partial charge in [-0.2, -0.15) is 5.26 Å². The molecule has 7 nitrogen and oxygen atoms in total. The third-order valence-electron chi connectivity index (χ3n) is 4.32. The van der Waals surface area contributed by atoms with Crippen LogP contribution in [0.1, 0.15) is 5.56 Å². The van der Waals surface area contributed by atoms with Gasteiger partial charge in [-0.15, -0.1) is 13.2 Å². The van der Waals surface area contributed by atoms with Crippen LogP contribution in [0.3, 0.4) is 0 Å². The minimum atomic E-state index is -4.75. The first-order chi connectivity index (χ1) is 13.8. The van der Waals surface area contributed by atoms with Gasteiger partial charge >= 0.3 is 6.36 Å². The summed E-state index contributed by atoms with van der Waals surface area (Å²) in [6.07, 6.45) is -3.11. The van der Waals surface area contributed by atoms with Gasteiger partial charge in [-0.05, 0) is 36.4 Å². The Kier molecular flexibility index (Phi) is 6.19. The summed E-state index contributed by atoms with van der Waals surface area (Å²) in [4.78, 5) is 20.4. The Morgan fingerprint density at radius 1 is 1.17 bits per heavy atom. The molecule has 2 aromatic rings. The van der Waals surface area contributed by atoms with E-state index in [-0.39, 0.29) is 18.2 Å². The standard InChI is InChI=1S/C19H18F3N5O2/c20-19(21,22)29-16-5-3-15(4-6-16)25-17(28)13-26-8-10-27(11-9-26)18-14(12-23)2-1-7-24-18/h1-7H,8-11,13H2,(H,25,28). The van der Waals surface area contributed by atoms with Gasteiger partial charge in [-0.3, -0.25) is 9.69 Å². The van der Waals surface area contributed by atoms with E-state index in [0.29, 0.717) is 43.2 Å². The number of nitrogens with zero attached hydrogens (tertiary/aromatic N) is 4. The van der Waals surface area contributed by atoms with Gasteiger partial charge in [0.15, 0.2) is 0 Å². The highest BCUT2D eigenvalue weighted by Gasteiger charge is 2.31. The maximum atomic E-state index is 12.2. The molecule has 0 atom stereocenters. The molecule has 152 valence electrons. The number of halogens is 3. The fourth-order valence-corrected chi connectivity index (χ4v) is 3.00. The Morgan fingerprint density at radius 2 is 1.86 bits per heavy atom. The minimum Gasteiger partial charge on any atom is -0.406 e. The Balaban J connectivity index is 1.48. The largest absolute Gasteiger partial charge is 0.573 e. The number of anilines is 2. The van der Waals surface area contributed by atoms with Crippen molar-refractivity contribution in [3.63, 3.8) is 0 Å². The van der Waals surface area contributed by atoms with Crippen molar-refractivity contribution < 1.29 is 22.7 Å². The molecule has 3 rings (SSSR count). The number of amides is 1. The van der Waals surface area contributed by atoms with Crippen LogP contribution < -0.4 is 15.0 Å². The zero-order chi connectivity index (χ0) is 20.9. The molecule has 0 radical (unpaired) electrons. The molecule has 0 bridgehead atoms. The van der Waals surface area contributed by atoms with E-state index in [1.54, 1.807) is 18.3 Å². The van der Waals surface area contributed by atoms with Crippen LogP contribution in [0.2, 0.25) is 0 Å². The molecule has 1 saturated heterocycles. The zero-order valence-electron chi connectivity index (χ0n) is 15.3. The van der Waals surface area contributed by atoms with E-state index in [9.17, 15) is 23.2 Å². The molecule has 1 aromatic carbocycles. The van der Waals surface area contributed by atoms with Gasteiger partial charge < -0.3 is 15.0 Å². The van der Waals surface area contributed by atoms with Crippen molar-refractivity contribution in [1.29, 1.82) is 5.26 Å². The lowest BCUT2D eigenvalue weighted by Crippen LogP contribution is -2.49. The summed E-state index contributed by atoms with van der Waals surface area (Å²) in [5, 5.41) is 11.8. The Morgan fingerprint density at radius 3 is 2.48 bits per heavy atom. The normalized spacial score (nSPS) is 14.9. The van der Waals surface area contributed by atoms with E-state index < -0.39 is 6.36 Å². The Hall–Kier alpha value is -3.32. The second-order valence-corrected chi connectivity index (χ2v) is 6.37. The Labute approximate surface area is 165 Å². The number of carbonyl (C=O) groups is 1. The maximum absolute atomic E-state index is 12.2. The molecule has 1 aliphatic heterocycles. The van der Waals surface area contributed by atoms with E-state index in [2.05, 4.69) is 21.1 Å². The van der Waals surface area contributed by atoms with Crippen molar-refractivity contribution in [2.45, 2.75) is 6.36 Å². The fraction of sp³-hybridized carbons (Fsp3) is 0.316. The van der Waals surface area contributed by atoms with Crippen molar-refractivity contribution in [2.24, 2.45) is 0 Å². The molecule has 1 fully saturated rings. The number of ether oxygens (including phenoxy) is 1. The lowest BCUT2D eigenvalue weighted by atomic mass is 10.2. The highest BCUT2D eigenvalue weighted by atomic mass is 19.4. The summed E-state index contributed by atoms with van der Waals surface area (Å²) in [6.45, 7) is 2.65. The van der Waals surface area contributed by atoms with Gasteiger partial charge in [0.25, 0.3) is 0 Å². The van der Waals surface area contributed by atoms with Gasteiger partial charge in [0.2, 0.25) is 5.91 Å². The van der Waals surface area contributed by atoms with Crippen LogP contribution in [0.5, 0.6) is 5.75 Å². The number of alkyl halides is 3. The van der Waals surface area contributed by atoms with Gasteiger partial charge in [-0.25, -0.2) is 4.98 Å². The molecular formula is C19H18F3N5O2. The SMILES string of the molecule is N#Cc1cccnc1N1CCN(CC(=O)Nc2ccc(OC(F)(F)F)cc2)CC1. The van der Waals surface area contributed by atoms with Crippen molar-refractivity contribution >= 4 is 17.4 Å². The van der Waals surface area contributed by atoms with Crippen LogP contribution in [0.25, 0.3) is 0 Å². The van der Waals surface area contributed by atoms with Gasteiger partial charge in [-0.1, -0.05) is 0 Å². The highest BCUT2D eigenvalue weighted by molar-refractivity contribution is 5.92. The van der Waals surface area contributed by atoms with Crippen LogP contribution in [-0.4, -0.2) is 54.9 Å². The van der Waals surface area contributed by atoms with Gasteiger partial charge in [0.05, 0.1) is 12.1 Å². The molecule has 0 saturated carbocycles. The first-order valence-corrected chi connectivity index (χ1v) is 8.82. The summed E-state index contributed by atoms with van der Waals surface area (Å²) >= 11 is 0. The average Bonchev–Trinajstić information content (AvgIpc) is 2.69. The molecule has 2 heterocycles. The molecule has 0 spiro atoms. The lowest BCUT2D eigenvalue weighted by molar-refractivity contribution is -0.274. The van der Waals surface area contributed by atoms with Crippen LogP contribution in [0.15, 0.2) is 42.6 Å². The summed E-state index contributed by atoms with van der Waals surface area (Å²) in [5.74, 6) is 0.0247. The molecule has 1 aliphatic rings. The predicted octanol–water partition coefficient (Wildman–Crippen LogP) is 2.61. The van der Waals surface area contributed by atoms with Crippen LogP contribution >= 0.6 is 0 Å². The summed E-state index contributed by atoms with van der Waals surface area (Å²) in [6, 6.07) is 10.5. The molecular weight excluding hydrogens is 387 g/mol. The van der Waals surface area contributed by atoms with E-state index in [1.165, 1.54) is 12.1 Å². The summed E-state index contributed by atoms with van der Waals surface area (Å²) < 4.78 is 40.3. The third-order valence-corrected chi connectivity index (χ3v) is 4.32. The van der Waals surface area contributed by atoms with E-state index in [1.807, 2.05) is 9.80 Å². The smallest absolute Gasteiger partial charge is 0.406 e. The number of carbonyl (C=O) groups excluding carboxylic acids is 1.